The van der Waals surface area contributed by atoms with Crippen LogP contribution in [0.1, 0.15) is 58.9 Å². The molecule has 5 nitrogen and oxygen atoms in total. The van der Waals surface area contributed by atoms with Crippen LogP contribution in [0, 0.1) is 13.8 Å². The van der Waals surface area contributed by atoms with E-state index in [0.29, 0.717) is 11.5 Å². The second-order valence-electron chi connectivity index (χ2n) is 8.02. The minimum absolute atomic E-state index is 0.0404. The minimum Gasteiger partial charge on any atom is -0.343 e. The van der Waals surface area contributed by atoms with Gasteiger partial charge >= 0.3 is 0 Å². The van der Waals surface area contributed by atoms with E-state index in [4.69, 9.17) is 4.98 Å². The van der Waals surface area contributed by atoms with Crippen molar-refractivity contribution >= 4 is 22.7 Å². The number of Topliss-reactive ketones (excluding diaryl/α,β-unsaturated/α-hetero) is 1. The van der Waals surface area contributed by atoms with Gasteiger partial charge in [-0.05, 0) is 56.0 Å². The normalized spacial score (nSPS) is 15.0. The molecule has 1 N–H and O–H groups in total. The number of imidazole rings is 1. The smallest absolute Gasteiger partial charge is 0.223 e. The molecule has 0 unspecified atom stereocenters. The lowest BCUT2D eigenvalue weighted by Crippen LogP contribution is -2.38. The van der Waals surface area contributed by atoms with Crippen molar-refractivity contribution in [2.45, 2.75) is 45.4 Å². The summed E-state index contributed by atoms with van der Waals surface area (Å²) in [5.74, 6) is 1.48. The number of nitrogens with zero attached hydrogens (tertiary/aromatic N) is 2. The number of hydrogen-bond donors (Lipinski definition) is 1. The molecule has 1 aromatic heterocycles. The topological polar surface area (TPSA) is 66.1 Å². The minimum atomic E-state index is 0.0404. The van der Waals surface area contributed by atoms with Crippen LogP contribution in [0.3, 0.4) is 0 Å². The molecule has 0 aliphatic carbocycles. The van der Waals surface area contributed by atoms with Gasteiger partial charge in [0.1, 0.15) is 5.82 Å². The van der Waals surface area contributed by atoms with Crippen molar-refractivity contribution in [2.75, 3.05) is 13.1 Å². The summed E-state index contributed by atoms with van der Waals surface area (Å²) in [5, 5.41) is 0. The number of aromatic nitrogens is 2. The fraction of sp³-hybridized carbons (Fsp3) is 0.375. The lowest BCUT2D eigenvalue weighted by Gasteiger charge is -2.31. The standard InChI is InChI=1S/C24H27N3O2/c1-16-7-8-19(15-17(16)2)22(28)9-10-23(29)27-13-11-18(12-14-27)24-25-20-5-3-4-6-21(20)26-24/h3-8,15,18H,9-14H2,1-2H3,(H,25,26). The van der Waals surface area contributed by atoms with Crippen LogP contribution in [-0.2, 0) is 4.79 Å². The van der Waals surface area contributed by atoms with Gasteiger partial charge in [-0.1, -0.05) is 24.3 Å². The van der Waals surface area contributed by atoms with Crippen LogP contribution in [0.5, 0.6) is 0 Å². The third-order valence-corrected chi connectivity index (χ3v) is 6.04. The molecule has 1 aliphatic heterocycles. The lowest BCUT2D eigenvalue weighted by atomic mass is 9.95. The molecule has 150 valence electrons. The molecular formula is C24H27N3O2. The van der Waals surface area contributed by atoms with E-state index in [1.807, 2.05) is 61.2 Å². The molecule has 0 bridgehead atoms. The Labute approximate surface area is 171 Å². The maximum atomic E-state index is 12.6. The number of carbonyl (C=O) groups is 2. The zero-order chi connectivity index (χ0) is 20.4. The molecule has 1 amide bonds. The van der Waals surface area contributed by atoms with E-state index in [0.717, 1.165) is 48.4 Å². The van der Waals surface area contributed by atoms with Crippen molar-refractivity contribution in [3.8, 4) is 0 Å². The number of nitrogens with one attached hydrogen (secondary N) is 1. The highest BCUT2D eigenvalue weighted by Crippen LogP contribution is 2.28. The number of aromatic amines is 1. The van der Waals surface area contributed by atoms with Crippen LogP contribution >= 0.6 is 0 Å². The van der Waals surface area contributed by atoms with Crippen molar-refractivity contribution in [3.05, 3.63) is 65.0 Å². The Hall–Kier alpha value is -2.95. The van der Waals surface area contributed by atoms with Crippen LogP contribution in [-0.4, -0.2) is 39.6 Å². The van der Waals surface area contributed by atoms with Crippen LogP contribution in [0.15, 0.2) is 42.5 Å². The summed E-state index contributed by atoms with van der Waals surface area (Å²) >= 11 is 0. The number of aryl methyl sites for hydroxylation is 2. The third kappa shape index (κ3) is 4.24. The number of carbonyl (C=O) groups excluding carboxylic acids is 2. The van der Waals surface area contributed by atoms with Crippen LogP contribution in [0.25, 0.3) is 11.0 Å². The summed E-state index contributed by atoms with van der Waals surface area (Å²) in [6.07, 6.45) is 2.35. The Bertz CT molecular complexity index is 1010. The van der Waals surface area contributed by atoms with Crippen LogP contribution in [0.4, 0.5) is 0 Å². The molecule has 1 saturated heterocycles. The van der Waals surface area contributed by atoms with Gasteiger partial charge in [0, 0.05) is 37.4 Å². The second kappa shape index (κ2) is 8.19. The van der Waals surface area contributed by atoms with Crippen molar-refractivity contribution in [1.29, 1.82) is 0 Å². The number of piperidine rings is 1. The molecule has 5 heteroatoms. The van der Waals surface area contributed by atoms with Gasteiger partial charge in [0.25, 0.3) is 0 Å². The Morgan fingerprint density at radius 2 is 1.79 bits per heavy atom. The summed E-state index contributed by atoms with van der Waals surface area (Å²) < 4.78 is 0. The van der Waals surface area contributed by atoms with Gasteiger partial charge in [-0.2, -0.15) is 0 Å². The first-order chi connectivity index (χ1) is 14.0. The first-order valence-electron chi connectivity index (χ1n) is 10.3. The second-order valence-corrected chi connectivity index (χ2v) is 8.02. The molecule has 0 spiro atoms. The van der Waals surface area contributed by atoms with Crippen LogP contribution in [0.2, 0.25) is 0 Å². The molecule has 0 radical (unpaired) electrons. The monoisotopic (exact) mass is 389 g/mol. The summed E-state index contributed by atoms with van der Waals surface area (Å²) in [6.45, 7) is 5.47. The first kappa shape index (κ1) is 19.4. The molecular weight excluding hydrogens is 362 g/mol. The molecule has 29 heavy (non-hydrogen) atoms. The van der Waals surface area contributed by atoms with E-state index < -0.39 is 0 Å². The predicted octanol–water partition coefficient (Wildman–Crippen LogP) is 4.55. The average molecular weight is 389 g/mol. The van der Waals surface area contributed by atoms with Crippen molar-refractivity contribution in [2.24, 2.45) is 0 Å². The van der Waals surface area contributed by atoms with Gasteiger partial charge in [0.15, 0.2) is 5.78 Å². The summed E-state index contributed by atoms with van der Waals surface area (Å²) in [7, 11) is 0. The number of benzene rings is 2. The Balaban J connectivity index is 1.29. The fourth-order valence-corrected chi connectivity index (χ4v) is 4.01. The summed E-state index contributed by atoms with van der Waals surface area (Å²) in [5.41, 5.74) is 5.03. The summed E-state index contributed by atoms with van der Waals surface area (Å²) in [4.78, 5) is 35.0. The van der Waals surface area contributed by atoms with E-state index in [9.17, 15) is 9.59 Å². The number of fused-ring (bicyclic) bond motifs is 1. The molecule has 0 saturated carbocycles. The number of H-pyrrole nitrogens is 1. The van der Waals surface area contributed by atoms with Gasteiger partial charge in [0.05, 0.1) is 11.0 Å². The number of amides is 1. The van der Waals surface area contributed by atoms with Crippen molar-refractivity contribution < 1.29 is 9.59 Å². The Morgan fingerprint density at radius 3 is 2.52 bits per heavy atom. The zero-order valence-corrected chi connectivity index (χ0v) is 17.1. The third-order valence-electron chi connectivity index (χ3n) is 6.04. The Morgan fingerprint density at radius 1 is 1.03 bits per heavy atom. The van der Waals surface area contributed by atoms with E-state index in [1.165, 1.54) is 5.56 Å². The summed E-state index contributed by atoms with van der Waals surface area (Å²) in [6, 6.07) is 13.8. The number of likely N-dealkylation sites (tertiary alicyclic amines) is 1. The van der Waals surface area contributed by atoms with E-state index in [1.54, 1.807) is 0 Å². The van der Waals surface area contributed by atoms with Crippen LogP contribution < -0.4 is 0 Å². The predicted molar refractivity (Wildman–Crippen MR) is 114 cm³/mol. The highest BCUT2D eigenvalue weighted by Gasteiger charge is 2.26. The molecule has 3 aromatic rings. The van der Waals surface area contributed by atoms with E-state index in [2.05, 4.69) is 4.98 Å². The molecule has 0 atom stereocenters. The number of hydrogen-bond acceptors (Lipinski definition) is 3. The van der Waals surface area contributed by atoms with E-state index >= 15 is 0 Å². The van der Waals surface area contributed by atoms with Gasteiger partial charge in [0.2, 0.25) is 5.91 Å². The zero-order valence-electron chi connectivity index (χ0n) is 17.1. The fourth-order valence-electron chi connectivity index (χ4n) is 4.01. The van der Waals surface area contributed by atoms with Gasteiger partial charge < -0.3 is 9.88 Å². The number of para-hydroxylation sites is 2. The van der Waals surface area contributed by atoms with Gasteiger partial charge in [-0.3, -0.25) is 9.59 Å². The van der Waals surface area contributed by atoms with Crippen molar-refractivity contribution in [3.63, 3.8) is 0 Å². The molecule has 1 fully saturated rings. The highest BCUT2D eigenvalue weighted by molar-refractivity contribution is 5.98. The number of rotatable bonds is 5. The molecule has 2 heterocycles. The molecule has 2 aromatic carbocycles. The van der Waals surface area contributed by atoms with E-state index in [-0.39, 0.29) is 24.5 Å². The Kier molecular flexibility index (Phi) is 5.47. The lowest BCUT2D eigenvalue weighted by molar-refractivity contribution is -0.132. The largest absolute Gasteiger partial charge is 0.343 e. The van der Waals surface area contributed by atoms with Gasteiger partial charge in [-0.15, -0.1) is 0 Å². The van der Waals surface area contributed by atoms with Crippen molar-refractivity contribution in [1.82, 2.24) is 14.9 Å². The first-order valence-corrected chi connectivity index (χ1v) is 10.3. The maximum absolute atomic E-state index is 12.6. The molecule has 1 aliphatic rings. The quantitative estimate of drug-likeness (QED) is 0.651. The maximum Gasteiger partial charge on any atom is 0.223 e. The number of ketones is 1. The SMILES string of the molecule is Cc1ccc(C(=O)CCC(=O)N2CCC(c3nc4ccccc4[nH]3)CC2)cc1C. The highest BCUT2D eigenvalue weighted by atomic mass is 16.2. The van der Waals surface area contributed by atoms with Gasteiger partial charge in [-0.25, -0.2) is 4.98 Å². The average Bonchev–Trinajstić information content (AvgIpc) is 3.18. The molecule has 4 rings (SSSR count).